The molecule has 112 valence electrons. The van der Waals surface area contributed by atoms with Crippen molar-refractivity contribution in [1.29, 1.82) is 0 Å². The standard InChI is InChI=1S/C16H19FN2O2/c1-11(12-7-8-18-15(9-12)21-3)19-10-13-5-4-6-14(20-2)16(13)17/h4-9,11,19H,10H2,1-3H3. The first-order valence-corrected chi connectivity index (χ1v) is 6.70. The molecule has 1 aromatic heterocycles. The summed E-state index contributed by atoms with van der Waals surface area (Å²) in [7, 11) is 3.04. The minimum absolute atomic E-state index is 0.0486. The average Bonchev–Trinajstić information content (AvgIpc) is 2.53. The maximum absolute atomic E-state index is 14.0. The Labute approximate surface area is 123 Å². The minimum Gasteiger partial charge on any atom is -0.494 e. The lowest BCUT2D eigenvalue weighted by Gasteiger charge is -2.15. The Morgan fingerprint density at radius 2 is 2.05 bits per heavy atom. The lowest BCUT2D eigenvalue weighted by Crippen LogP contribution is -2.19. The molecule has 21 heavy (non-hydrogen) atoms. The van der Waals surface area contributed by atoms with Crippen molar-refractivity contribution in [1.82, 2.24) is 10.3 Å². The number of ether oxygens (including phenoxy) is 2. The van der Waals surface area contributed by atoms with Crippen molar-refractivity contribution < 1.29 is 13.9 Å². The van der Waals surface area contributed by atoms with Crippen molar-refractivity contribution in [3.05, 3.63) is 53.5 Å². The summed E-state index contributed by atoms with van der Waals surface area (Å²) in [4.78, 5) is 4.07. The summed E-state index contributed by atoms with van der Waals surface area (Å²) in [6.45, 7) is 2.42. The highest BCUT2D eigenvalue weighted by molar-refractivity contribution is 5.31. The average molecular weight is 290 g/mol. The number of methoxy groups -OCH3 is 2. The van der Waals surface area contributed by atoms with Gasteiger partial charge in [-0.15, -0.1) is 0 Å². The van der Waals surface area contributed by atoms with Crippen LogP contribution < -0.4 is 14.8 Å². The third-order valence-corrected chi connectivity index (χ3v) is 3.33. The number of rotatable bonds is 6. The van der Waals surface area contributed by atoms with Crippen LogP contribution in [0.4, 0.5) is 4.39 Å². The van der Waals surface area contributed by atoms with Crippen LogP contribution in [-0.4, -0.2) is 19.2 Å². The number of hydrogen-bond donors (Lipinski definition) is 1. The van der Waals surface area contributed by atoms with E-state index < -0.39 is 0 Å². The third-order valence-electron chi connectivity index (χ3n) is 3.33. The number of pyridine rings is 1. The van der Waals surface area contributed by atoms with Crippen molar-refractivity contribution in [2.24, 2.45) is 0 Å². The summed E-state index contributed by atoms with van der Waals surface area (Å²) in [5.41, 5.74) is 1.60. The highest BCUT2D eigenvalue weighted by Gasteiger charge is 2.11. The summed E-state index contributed by atoms with van der Waals surface area (Å²) >= 11 is 0. The number of hydrogen-bond acceptors (Lipinski definition) is 4. The summed E-state index contributed by atoms with van der Waals surface area (Å²) in [5, 5.41) is 3.28. The lowest BCUT2D eigenvalue weighted by molar-refractivity contribution is 0.382. The van der Waals surface area contributed by atoms with Gasteiger partial charge in [-0.3, -0.25) is 0 Å². The maximum Gasteiger partial charge on any atom is 0.213 e. The van der Waals surface area contributed by atoms with Gasteiger partial charge >= 0.3 is 0 Å². The summed E-state index contributed by atoms with van der Waals surface area (Å²) in [6.07, 6.45) is 1.69. The molecule has 0 aliphatic carbocycles. The van der Waals surface area contributed by atoms with Crippen LogP contribution in [-0.2, 0) is 6.54 Å². The van der Waals surface area contributed by atoms with Crippen LogP contribution in [0.5, 0.6) is 11.6 Å². The van der Waals surface area contributed by atoms with Crippen molar-refractivity contribution in [3.63, 3.8) is 0 Å². The molecule has 0 radical (unpaired) electrons. The first-order valence-electron chi connectivity index (χ1n) is 6.70. The van der Waals surface area contributed by atoms with Crippen LogP contribution in [0, 0.1) is 5.82 Å². The maximum atomic E-state index is 14.0. The van der Waals surface area contributed by atoms with Crippen LogP contribution in [0.25, 0.3) is 0 Å². The molecule has 2 rings (SSSR count). The van der Waals surface area contributed by atoms with E-state index in [0.717, 1.165) is 5.56 Å². The molecule has 1 aromatic carbocycles. The van der Waals surface area contributed by atoms with Crippen molar-refractivity contribution in [3.8, 4) is 11.6 Å². The highest BCUT2D eigenvalue weighted by Crippen LogP contribution is 2.21. The topological polar surface area (TPSA) is 43.4 Å². The Morgan fingerprint density at radius 3 is 2.76 bits per heavy atom. The van der Waals surface area contributed by atoms with E-state index in [0.29, 0.717) is 18.0 Å². The van der Waals surface area contributed by atoms with E-state index in [2.05, 4.69) is 10.3 Å². The number of aromatic nitrogens is 1. The Bertz CT molecular complexity index is 605. The predicted octanol–water partition coefficient (Wildman–Crippen LogP) is 3.09. The van der Waals surface area contributed by atoms with E-state index in [1.54, 1.807) is 31.5 Å². The third kappa shape index (κ3) is 3.70. The van der Waals surface area contributed by atoms with Gasteiger partial charge < -0.3 is 14.8 Å². The Balaban J connectivity index is 2.05. The zero-order valence-corrected chi connectivity index (χ0v) is 12.4. The van der Waals surface area contributed by atoms with Crippen LogP contribution in [0.15, 0.2) is 36.5 Å². The summed E-state index contributed by atoms with van der Waals surface area (Å²) < 4.78 is 24.1. The van der Waals surface area contributed by atoms with Gasteiger partial charge in [0.25, 0.3) is 0 Å². The quantitative estimate of drug-likeness (QED) is 0.888. The van der Waals surface area contributed by atoms with Crippen molar-refractivity contribution >= 4 is 0 Å². The number of nitrogens with one attached hydrogen (secondary N) is 1. The molecule has 0 saturated carbocycles. The molecule has 0 fully saturated rings. The minimum atomic E-state index is -0.327. The first-order chi connectivity index (χ1) is 10.2. The molecule has 1 atom stereocenters. The molecule has 0 aliphatic heterocycles. The van der Waals surface area contributed by atoms with Crippen molar-refractivity contribution in [2.75, 3.05) is 14.2 Å². The SMILES string of the molecule is COc1cc(C(C)NCc2cccc(OC)c2F)ccn1. The Morgan fingerprint density at radius 1 is 1.24 bits per heavy atom. The fourth-order valence-corrected chi connectivity index (χ4v) is 2.04. The van der Waals surface area contributed by atoms with Crippen molar-refractivity contribution in [2.45, 2.75) is 19.5 Å². The molecule has 1 heterocycles. The van der Waals surface area contributed by atoms with E-state index in [1.807, 2.05) is 19.1 Å². The van der Waals surface area contributed by atoms with Gasteiger partial charge in [-0.2, -0.15) is 0 Å². The molecule has 2 aromatic rings. The van der Waals surface area contributed by atoms with Gasteiger partial charge in [-0.25, -0.2) is 9.37 Å². The zero-order chi connectivity index (χ0) is 15.2. The van der Waals surface area contributed by atoms with Gasteiger partial charge in [0.15, 0.2) is 11.6 Å². The molecular formula is C16H19FN2O2. The van der Waals surface area contributed by atoms with Gasteiger partial charge in [0.2, 0.25) is 5.88 Å². The second-order valence-corrected chi connectivity index (χ2v) is 4.67. The van der Waals surface area contributed by atoms with Gasteiger partial charge in [-0.1, -0.05) is 12.1 Å². The van der Waals surface area contributed by atoms with Gasteiger partial charge in [-0.05, 0) is 24.6 Å². The zero-order valence-electron chi connectivity index (χ0n) is 12.4. The lowest BCUT2D eigenvalue weighted by atomic mass is 10.1. The largest absolute Gasteiger partial charge is 0.494 e. The molecular weight excluding hydrogens is 271 g/mol. The molecule has 4 nitrogen and oxygen atoms in total. The molecule has 0 saturated heterocycles. The van der Waals surface area contributed by atoms with Crippen LogP contribution in [0.3, 0.4) is 0 Å². The second-order valence-electron chi connectivity index (χ2n) is 4.67. The smallest absolute Gasteiger partial charge is 0.213 e. The Kier molecular flexibility index (Phi) is 5.11. The Hall–Kier alpha value is -2.14. The summed E-state index contributed by atoms with van der Waals surface area (Å²) in [5.74, 6) is 0.494. The predicted molar refractivity (Wildman–Crippen MR) is 79.0 cm³/mol. The fraction of sp³-hybridized carbons (Fsp3) is 0.312. The fourth-order valence-electron chi connectivity index (χ4n) is 2.04. The van der Waals surface area contributed by atoms with E-state index in [9.17, 15) is 4.39 Å². The van der Waals surface area contributed by atoms with E-state index >= 15 is 0 Å². The summed E-state index contributed by atoms with van der Waals surface area (Å²) in [6, 6.07) is 8.94. The molecule has 0 spiro atoms. The molecule has 0 amide bonds. The van der Waals surface area contributed by atoms with E-state index in [4.69, 9.17) is 9.47 Å². The van der Waals surface area contributed by atoms with Crippen LogP contribution >= 0.6 is 0 Å². The number of halogens is 1. The second kappa shape index (κ2) is 7.04. The monoisotopic (exact) mass is 290 g/mol. The van der Waals surface area contributed by atoms with Crippen LogP contribution in [0.2, 0.25) is 0 Å². The number of benzene rings is 1. The molecule has 1 N–H and O–H groups in total. The molecule has 0 aliphatic rings. The molecule has 5 heteroatoms. The van der Waals surface area contributed by atoms with E-state index in [1.165, 1.54) is 7.11 Å². The van der Waals surface area contributed by atoms with E-state index in [-0.39, 0.29) is 17.6 Å². The molecule has 0 bridgehead atoms. The van der Waals surface area contributed by atoms with Gasteiger partial charge in [0.1, 0.15) is 0 Å². The highest BCUT2D eigenvalue weighted by atomic mass is 19.1. The first kappa shape index (κ1) is 15.3. The number of nitrogens with zero attached hydrogens (tertiary/aromatic N) is 1. The van der Waals surface area contributed by atoms with Gasteiger partial charge in [0.05, 0.1) is 14.2 Å². The van der Waals surface area contributed by atoms with Crippen LogP contribution in [0.1, 0.15) is 24.1 Å². The molecule has 1 unspecified atom stereocenters. The normalized spacial score (nSPS) is 12.0. The van der Waals surface area contributed by atoms with Gasteiger partial charge in [0, 0.05) is 30.4 Å².